The van der Waals surface area contributed by atoms with E-state index in [0.29, 0.717) is 25.3 Å². The van der Waals surface area contributed by atoms with Crippen LogP contribution in [-0.2, 0) is 9.59 Å². The van der Waals surface area contributed by atoms with E-state index in [1.165, 1.54) is 0 Å². The van der Waals surface area contributed by atoms with Crippen molar-refractivity contribution in [3.8, 4) is 0 Å². The lowest BCUT2D eigenvalue weighted by Crippen LogP contribution is -2.41. The zero-order chi connectivity index (χ0) is 15.1. The average molecular weight is 272 g/mol. The molecule has 0 saturated carbocycles. The highest BCUT2D eigenvalue weighted by Crippen LogP contribution is 2.20. The minimum Gasteiger partial charge on any atom is -0.481 e. The highest BCUT2D eigenvalue weighted by atomic mass is 16.4. The monoisotopic (exact) mass is 272 g/mol. The third-order valence-corrected chi connectivity index (χ3v) is 3.58. The van der Waals surface area contributed by atoms with Gasteiger partial charge in [-0.05, 0) is 38.1 Å². The van der Waals surface area contributed by atoms with E-state index in [4.69, 9.17) is 10.8 Å². The maximum Gasteiger partial charge on any atom is 0.311 e. The molecule has 0 radical (unpaired) electrons. The number of carboxylic acid groups (broad SMARTS) is 1. The zero-order valence-electron chi connectivity index (χ0n) is 12.5. The van der Waals surface area contributed by atoms with Gasteiger partial charge in [0.05, 0.1) is 5.41 Å². The Labute approximate surface area is 115 Å². The minimum absolute atomic E-state index is 0.114. The Morgan fingerprint density at radius 3 is 2.32 bits per heavy atom. The molecule has 2 unspecified atom stereocenters. The van der Waals surface area contributed by atoms with E-state index in [0.717, 1.165) is 6.42 Å². The van der Waals surface area contributed by atoms with Crippen molar-refractivity contribution in [1.29, 1.82) is 0 Å². The molecule has 0 rings (SSSR count). The van der Waals surface area contributed by atoms with E-state index >= 15 is 0 Å². The molecule has 0 aromatic heterocycles. The van der Waals surface area contributed by atoms with E-state index in [2.05, 4.69) is 19.2 Å². The fourth-order valence-electron chi connectivity index (χ4n) is 1.91. The van der Waals surface area contributed by atoms with E-state index < -0.39 is 11.4 Å². The molecule has 5 nitrogen and oxygen atoms in total. The maximum atomic E-state index is 11.8. The number of rotatable bonds is 9. The molecule has 5 heteroatoms. The van der Waals surface area contributed by atoms with Crippen LogP contribution in [0.4, 0.5) is 0 Å². The van der Waals surface area contributed by atoms with Gasteiger partial charge in [0.2, 0.25) is 5.91 Å². The summed E-state index contributed by atoms with van der Waals surface area (Å²) >= 11 is 0. The molecule has 0 heterocycles. The van der Waals surface area contributed by atoms with E-state index in [-0.39, 0.29) is 18.4 Å². The number of carboxylic acids is 1. The summed E-state index contributed by atoms with van der Waals surface area (Å²) in [4.78, 5) is 22.9. The van der Waals surface area contributed by atoms with Crippen LogP contribution in [0.15, 0.2) is 0 Å². The van der Waals surface area contributed by atoms with E-state index in [1.807, 2.05) is 6.92 Å². The van der Waals surface area contributed by atoms with Crippen molar-refractivity contribution in [2.24, 2.45) is 23.0 Å². The predicted molar refractivity (Wildman–Crippen MR) is 75.7 cm³/mol. The van der Waals surface area contributed by atoms with Crippen LogP contribution in [0.3, 0.4) is 0 Å². The van der Waals surface area contributed by atoms with Crippen LogP contribution in [0.25, 0.3) is 0 Å². The molecule has 0 aliphatic heterocycles. The van der Waals surface area contributed by atoms with Crippen LogP contribution in [0.1, 0.15) is 47.0 Å². The summed E-state index contributed by atoms with van der Waals surface area (Å²) in [5, 5.41) is 11.8. The molecule has 112 valence electrons. The Bertz CT molecular complexity index is 305. The summed E-state index contributed by atoms with van der Waals surface area (Å²) in [6.07, 6.45) is 1.76. The first-order chi connectivity index (χ1) is 8.75. The molecule has 1 amide bonds. The Kier molecular flexibility index (Phi) is 7.68. The molecule has 0 bridgehead atoms. The Balaban J connectivity index is 4.27. The highest BCUT2D eigenvalue weighted by molar-refractivity contribution is 5.79. The van der Waals surface area contributed by atoms with Crippen LogP contribution in [0.5, 0.6) is 0 Å². The van der Waals surface area contributed by atoms with Crippen molar-refractivity contribution in [2.45, 2.75) is 47.0 Å². The van der Waals surface area contributed by atoms with Crippen molar-refractivity contribution in [1.82, 2.24) is 5.32 Å². The third kappa shape index (κ3) is 6.57. The lowest BCUT2D eigenvalue weighted by molar-refractivity contribution is -0.148. The molecule has 0 fully saturated rings. The van der Waals surface area contributed by atoms with Gasteiger partial charge in [-0.3, -0.25) is 9.59 Å². The summed E-state index contributed by atoms with van der Waals surface area (Å²) in [6, 6.07) is 0. The smallest absolute Gasteiger partial charge is 0.311 e. The molecule has 0 aliphatic carbocycles. The van der Waals surface area contributed by atoms with Crippen molar-refractivity contribution in [2.75, 3.05) is 13.1 Å². The number of hydrogen-bond donors (Lipinski definition) is 3. The Morgan fingerprint density at radius 1 is 1.37 bits per heavy atom. The summed E-state index contributed by atoms with van der Waals surface area (Å²) in [7, 11) is 0. The molecular weight excluding hydrogens is 244 g/mol. The molecule has 0 saturated heterocycles. The van der Waals surface area contributed by atoms with Gasteiger partial charge >= 0.3 is 5.97 Å². The lowest BCUT2D eigenvalue weighted by Gasteiger charge is -2.24. The molecular formula is C14H28N2O3. The number of amides is 1. The van der Waals surface area contributed by atoms with Gasteiger partial charge in [-0.2, -0.15) is 0 Å². The zero-order valence-corrected chi connectivity index (χ0v) is 12.5. The van der Waals surface area contributed by atoms with Crippen LogP contribution >= 0.6 is 0 Å². The minimum atomic E-state index is -0.897. The van der Waals surface area contributed by atoms with E-state index in [9.17, 15) is 9.59 Å². The number of nitrogens with one attached hydrogen (secondary N) is 1. The van der Waals surface area contributed by atoms with Gasteiger partial charge in [0.15, 0.2) is 0 Å². The maximum absolute atomic E-state index is 11.8. The number of carbonyl (C=O) groups is 2. The molecule has 0 spiro atoms. The molecule has 0 aliphatic rings. The van der Waals surface area contributed by atoms with Crippen molar-refractivity contribution < 1.29 is 14.7 Å². The standard InChI is InChI=1S/C14H28N2O3/c1-5-14(4,13(18)19)9-16-12(17)7-11(8-15)6-10(2)3/h10-11H,5-9,15H2,1-4H3,(H,16,17)(H,18,19). The number of hydrogen-bond acceptors (Lipinski definition) is 3. The topological polar surface area (TPSA) is 92.4 Å². The second-order valence-electron chi connectivity index (χ2n) is 5.93. The largest absolute Gasteiger partial charge is 0.481 e. The van der Waals surface area contributed by atoms with Crippen molar-refractivity contribution >= 4 is 11.9 Å². The van der Waals surface area contributed by atoms with Crippen LogP contribution in [-0.4, -0.2) is 30.1 Å². The molecule has 0 aromatic carbocycles. The van der Waals surface area contributed by atoms with E-state index in [1.54, 1.807) is 6.92 Å². The second-order valence-corrected chi connectivity index (χ2v) is 5.93. The van der Waals surface area contributed by atoms with Crippen LogP contribution < -0.4 is 11.1 Å². The first-order valence-corrected chi connectivity index (χ1v) is 6.95. The van der Waals surface area contributed by atoms with Crippen LogP contribution in [0.2, 0.25) is 0 Å². The quantitative estimate of drug-likeness (QED) is 0.594. The van der Waals surface area contributed by atoms with Gasteiger partial charge in [-0.25, -0.2) is 0 Å². The summed E-state index contributed by atoms with van der Waals surface area (Å²) < 4.78 is 0. The lowest BCUT2D eigenvalue weighted by atomic mass is 9.87. The molecule has 0 aromatic rings. The summed E-state index contributed by atoms with van der Waals surface area (Å²) in [5.41, 5.74) is 4.75. The number of nitrogens with two attached hydrogens (primary N) is 1. The second kappa shape index (κ2) is 8.15. The van der Waals surface area contributed by atoms with Gasteiger partial charge in [0.25, 0.3) is 0 Å². The third-order valence-electron chi connectivity index (χ3n) is 3.58. The highest BCUT2D eigenvalue weighted by Gasteiger charge is 2.31. The summed E-state index contributed by atoms with van der Waals surface area (Å²) in [6.45, 7) is 8.29. The van der Waals surface area contributed by atoms with Crippen molar-refractivity contribution in [3.63, 3.8) is 0 Å². The number of aliphatic carboxylic acids is 1. The SMILES string of the molecule is CCC(C)(CNC(=O)CC(CN)CC(C)C)C(=O)O. The van der Waals surface area contributed by atoms with Gasteiger partial charge < -0.3 is 16.2 Å². The molecule has 2 atom stereocenters. The fraction of sp³-hybridized carbons (Fsp3) is 0.857. The molecule has 19 heavy (non-hydrogen) atoms. The summed E-state index contributed by atoms with van der Waals surface area (Å²) in [5.74, 6) is -0.330. The van der Waals surface area contributed by atoms with Crippen LogP contribution in [0, 0.1) is 17.3 Å². The first-order valence-electron chi connectivity index (χ1n) is 6.95. The van der Waals surface area contributed by atoms with Gasteiger partial charge in [0.1, 0.15) is 0 Å². The Hall–Kier alpha value is -1.10. The molecule has 4 N–H and O–H groups in total. The Morgan fingerprint density at radius 2 is 1.95 bits per heavy atom. The van der Waals surface area contributed by atoms with Gasteiger partial charge in [0, 0.05) is 13.0 Å². The normalized spacial score (nSPS) is 15.9. The first kappa shape index (κ1) is 17.9. The average Bonchev–Trinajstić information content (AvgIpc) is 2.34. The number of carbonyl (C=O) groups excluding carboxylic acids is 1. The van der Waals surface area contributed by atoms with Gasteiger partial charge in [-0.1, -0.05) is 20.8 Å². The van der Waals surface area contributed by atoms with Crippen molar-refractivity contribution in [3.05, 3.63) is 0 Å². The fourth-order valence-corrected chi connectivity index (χ4v) is 1.91. The van der Waals surface area contributed by atoms with Gasteiger partial charge in [-0.15, -0.1) is 0 Å². The predicted octanol–water partition coefficient (Wildman–Crippen LogP) is 1.61.